The molecule has 1 heteroatoms. The van der Waals surface area contributed by atoms with Gasteiger partial charge in [0, 0.05) is 0 Å². The summed E-state index contributed by atoms with van der Waals surface area (Å²) in [5.74, 6) is 0.647. The minimum absolute atomic E-state index is 0.0887. The van der Waals surface area contributed by atoms with Gasteiger partial charge in [0.25, 0.3) is 0 Å². The third-order valence-electron chi connectivity index (χ3n) is 2.90. The summed E-state index contributed by atoms with van der Waals surface area (Å²) >= 11 is 0. The van der Waals surface area contributed by atoms with E-state index in [2.05, 4.69) is 34.6 Å². The maximum absolute atomic E-state index is 9.71. The van der Waals surface area contributed by atoms with Gasteiger partial charge in [-0.05, 0) is 24.2 Å². The molecule has 0 heterocycles. The number of rotatable bonds is 5. The average molecular weight is 186 g/mol. The van der Waals surface area contributed by atoms with Crippen molar-refractivity contribution in [2.24, 2.45) is 11.3 Å². The Kier molecular flexibility index (Phi) is 5.62. The van der Waals surface area contributed by atoms with Crippen molar-refractivity contribution in [1.82, 2.24) is 0 Å². The second-order valence-corrected chi connectivity index (χ2v) is 5.15. The van der Waals surface area contributed by atoms with Crippen molar-refractivity contribution in [2.75, 3.05) is 0 Å². The Morgan fingerprint density at radius 3 is 2.00 bits per heavy atom. The molecule has 1 N–H and O–H groups in total. The normalized spacial score (nSPS) is 17.1. The zero-order valence-electron chi connectivity index (χ0n) is 9.93. The lowest BCUT2D eigenvalue weighted by molar-refractivity contribution is 0.0928. The Morgan fingerprint density at radius 1 is 1.15 bits per heavy atom. The Hall–Kier alpha value is -0.0400. The largest absolute Gasteiger partial charge is 0.393 e. The molecule has 0 radical (unpaired) electrons. The van der Waals surface area contributed by atoms with E-state index in [4.69, 9.17) is 0 Å². The highest BCUT2D eigenvalue weighted by molar-refractivity contribution is 4.75. The molecule has 0 aliphatic carbocycles. The number of aliphatic hydroxyl groups excluding tert-OH is 1. The fraction of sp³-hybridized carbons (Fsp3) is 1.00. The van der Waals surface area contributed by atoms with Gasteiger partial charge in [0.1, 0.15) is 0 Å². The van der Waals surface area contributed by atoms with Crippen LogP contribution in [0.3, 0.4) is 0 Å². The first-order valence-electron chi connectivity index (χ1n) is 5.59. The highest BCUT2D eigenvalue weighted by atomic mass is 16.3. The molecular formula is C12H26O. The van der Waals surface area contributed by atoms with E-state index in [0.717, 1.165) is 19.3 Å². The van der Waals surface area contributed by atoms with E-state index in [1.807, 2.05) is 0 Å². The zero-order chi connectivity index (χ0) is 10.5. The van der Waals surface area contributed by atoms with Crippen molar-refractivity contribution in [1.29, 1.82) is 0 Å². The predicted molar refractivity (Wildman–Crippen MR) is 58.8 cm³/mol. The minimum Gasteiger partial charge on any atom is -0.393 e. The fourth-order valence-corrected chi connectivity index (χ4v) is 1.91. The molecule has 1 nitrogen and oxygen atoms in total. The molecule has 0 bridgehead atoms. The van der Waals surface area contributed by atoms with Crippen LogP contribution in [-0.4, -0.2) is 11.2 Å². The van der Waals surface area contributed by atoms with Crippen LogP contribution in [0, 0.1) is 11.3 Å². The van der Waals surface area contributed by atoms with E-state index < -0.39 is 0 Å². The van der Waals surface area contributed by atoms with Gasteiger partial charge < -0.3 is 5.11 Å². The van der Waals surface area contributed by atoms with Gasteiger partial charge in [-0.2, -0.15) is 0 Å². The van der Waals surface area contributed by atoms with Crippen molar-refractivity contribution in [2.45, 2.75) is 66.4 Å². The Morgan fingerprint density at radius 2 is 1.69 bits per heavy atom. The molecule has 0 saturated carbocycles. The van der Waals surface area contributed by atoms with Gasteiger partial charge in [-0.1, -0.05) is 47.5 Å². The van der Waals surface area contributed by atoms with Gasteiger partial charge in [0.15, 0.2) is 0 Å². The van der Waals surface area contributed by atoms with Gasteiger partial charge in [-0.15, -0.1) is 0 Å². The zero-order valence-corrected chi connectivity index (χ0v) is 9.93. The van der Waals surface area contributed by atoms with Crippen LogP contribution in [0.15, 0.2) is 0 Å². The first kappa shape index (κ1) is 13.0. The van der Waals surface area contributed by atoms with Crippen molar-refractivity contribution in [3.8, 4) is 0 Å². The molecule has 0 fully saturated rings. The second-order valence-electron chi connectivity index (χ2n) is 5.15. The van der Waals surface area contributed by atoms with Crippen LogP contribution >= 0.6 is 0 Å². The van der Waals surface area contributed by atoms with Crippen molar-refractivity contribution < 1.29 is 5.11 Å². The lowest BCUT2D eigenvalue weighted by Crippen LogP contribution is -2.24. The molecule has 0 aromatic rings. The molecule has 0 amide bonds. The number of hydrogen-bond acceptors (Lipinski definition) is 1. The highest BCUT2D eigenvalue weighted by Crippen LogP contribution is 2.32. The summed E-state index contributed by atoms with van der Waals surface area (Å²) in [6.45, 7) is 11.1. The van der Waals surface area contributed by atoms with Crippen molar-refractivity contribution in [3.63, 3.8) is 0 Å². The summed E-state index contributed by atoms with van der Waals surface area (Å²) in [6, 6.07) is 0. The molecular weight excluding hydrogens is 160 g/mol. The molecule has 0 aromatic heterocycles. The quantitative estimate of drug-likeness (QED) is 0.695. The molecule has 80 valence electrons. The van der Waals surface area contributed by atoms with E-state index in [1.165, 1.54) is 6.42 Å². The summed E-state index contributed by atoms with van der Waals surface area (Å²) in [7, 11) is 0. The van der Waals surface area contributed by atoms with Gasteiger partial charge in [-0.25, -0.2) is 0 Å². The van der Waals surface area contributed by atoms with Crippen LogP contribution in [0.5, 0.6) is 0 Å². The molecule has 2 atom stereocenters. The van der Waals surface area contributed by atoms with E-state index in [1.54, 1.807) is 0 Å². The van der Waals surface area contributed by atoms with E-state index >= 15 is 0 Å². The molecule has 0 aliphatic rings. The Labute approximate surface area is 83.5 Å². The average Bonchev–Trinajstić information content (AvgIpc) is 1.98. The van der Waals surface area contributed by atoms with Gasteiger partial charge in [-0.3, -0.25) is 0 Å². The lowest BCUT2D eigenvalue weighted by atomic mass is 9.76. The van der Waals surface area contributed by atoms with Crippen LogP contribution in [-0.2, 0) is 0 Å². The molecule has 0 rings (SSSR count). The second kappa shape index (κ2) is 5.64. The third kappa shape index (κ3) is 5.30. The molecule has 0 spiro atoms. The van der Waals surface area contributed by atoms with Crippen LogP contribution < -0.4 is 0 Å². The summed E-state index contributed by atoms with van der Waals surface area (Å²) < 4.78 is 0. The van der Waals surface area contributed by atoms with E-state index in [-0.39, 0.29) is 6.10 Å². The molecule has 0 aliphatic heterocycles. The Balaban J connectivity index is 3.98. The standard InChI is InChI=1S/C12H26O/c1-6-8-11(13)9-10(7-2)12(3,4)5/h10-11,13H,6-9H2,1-5H3. The predicted octanol–water partition coefficient (Wildman–Crippen LogP) is 3.61. The highest BCUT2D eigenvalue weighted by Gasteiger charge is 2.24. The van der Waals surface area contributed by atoms with Gasteiger partial charge in [0.2, 0.25) is 0 Å². The molecule has 13 heavy (non-hydrogen) atoms. The maximum atomic E-state index is 9.71. The minimum atomic E-state index is -0.0887. The topological polar surface area (TPSA) is 20.2 Å². The third-order valence-corrected chi connectivity index (χ3v) is 2.90. The first-order chi connectivity index (χ1) is 5.91. The molecule has 0 saturated heterocycles. The van der Waals surface area contributed by atoms with Crippen molar-refractivity contribution >= 4 is 0 Å². The fourth-order valence-electron chi connectivity index (χ4n) is 1.91. The maximum Gasteiger partial charge on any atom is 0.0543 e. The smallest absolute Gasteiger partial charge is 0.0543 e. The summed E-state index contributed by atoms with van der Waals surface area (Å²) in [5.41, 5.74) is 0.337. The molecule has 0 aromatic carbocycles. The van der Waals surface area contributed by atoms with Gasteiger partial charge in [0.05, 0.1) is 6.10 Å². The first-order valence-corrected chi connectivity index (χ1v) is 5.59. The SMILES string of the molecule is CCCC(O)CC(CC)C(C)(C)C. The summed E-state index contributed by atoms with van der Waals surface area (Å²) in [5, 5.41) is 9.71. The Bertz CT molecular complexity index is 124. The molecule has 2 unspecified atom stereocenters. The van der Waals surface area contributed by atoms with Crippen LogP contribution in [0.25, 0.3) is 0 Å². The van der Waals surface area contributed by atoms with Crippen LogP contribution in [0.4, 0.5) is 0 Å². The number of aliphatic hydroxyl groups is 1. The monoisotopic (exact) mass is 186 g/mol. The van der Waals surface area contributed by atoms with Crippen LogP contribution in [0.2, 0.25) is 0 Å². The summed E-state index contributed by atoms with van der Waals surface area (Å²) in [6.07, 6.45) is 4.08. The van der Waals surface area contributed by atoms with E-state index in [9.17, 15) is 5.11 Å². The van der Waals surface area contributed by atoms with Gasteiger partial charge >= 0.3 is 0 Å². The van der Waals surface area contributed by atoms with Crippen LogP contribution in [0.1, 0.15) is 60.3 Å². The summed E-state index contributed by atoms with van der Waals surface area (Å²) in [4.78, 5) is 0. The van der Waals surface area contributed by atoms with E-state index in [0.29, 0.717) is 11.3 Å². The number of hydrogen-bond donors (Lipinski definition) is 1. The lowest BCUT2D eigenvalue weighted by Gasteiger charge is -2.31. The van der Waals surface area contributed by atoms with Crippen molar-refractivity contribution in [3.05, 3.63) is 0 Å².